The van der Waals surface area contributed by atoms with Gasteiger partial charge in [-0.2, -0.15) is 0 Å². The van der Waals surface area contributed by atoms with Crippen LogP contribution in [0, 0.1) is 0 Å². The van der Waals surface area contributed by atoms with Crippen LogP contribution in [-0.4, -0.2) is 30.0 Å². The molecule has 6 heteroatoms. The number of urea groups is 1. The molecule has 104 valence electrons. The topological polar surface area (TPSA) is 54.5 Å². The second kappa shape index (κ2) is 6.25. The highest BCUT2D eigenvalue weighted by Crippen LogP contribution is 2.22. The van der Waals surface area contributed by atoms with Crippen molar-refractivity contribution in [2.45, 2.75) is 0 Å². The molecule has 0 saturated heterocycles. The Bertz CT molecular complexity index is 582. The second-order valence-electron chi connectivity index (χ2n) is 4.27. The number of rotatable bonds is 3. The molecule has 0 aliphatic heterocycles. The summed E-state index contributed by atoms with van der Waals surface area (Å²) in [5.41, 5.74) is 0.695. The summed E-state index contributed by atoms with van der Waals surface area (Å²) in [6, 6.07) is 10.2. The van der Waals surface area contributed by atoms with E-state index in [1.54, 1.807) is 50.5 Å². The van der Waals surface area contributed by atoms with Crippen LogP contribution in [0.5, 0.6) is 11.6 Å². The van der Waals surface area contributed by atoms with Gasteiger partial charge in [-0.05, 0) is 30.3 Å². The van der Waals surface area contributed by atoms with Gasteiger partial charge in [-0.25, -0.2) is 9.78 Å². The molecule has 0 unspecified atom stereocenters. The summed E-state index contributed by atoms with van der Waals surface area (Å²) in [7, 11) is 3.36. The third-order valence-electron chi connectivity index (χ3n) is 2.43. The zero-order chi connectivity index (χ0) is 14.5. The predicted octanol–water partition coefficient (Wildman–Crippen LogP) is 3.62. The van der Waals surface area contributed by atoms with Crippen molar-refractivity contribution in [2.75, 3.05) is 19.4 Å². The molecule has 1 aromatic carbocycles. The highest BCUT2D eigenvalue weighted by atomic mass is 35.5. The molecular weight excluding hydrogens is 278 g/mol. The first-order valence-electron chi connectivity index (χ1n) is 5.92. The summed E-state index contributed by atoms with van der Waals surface area (Å²) < 4.78 is 5.55. The fourth-order valence-electron chi connectivity index (χ4n) is 1.38. The van der Waals surface area contributed by atoms with Crippen molar-refractivity contribution >= 4 is 23.3 Å². The van der Waals surface area contributed by atoms with E-state index in [4.69, 9.17) is 16.3 Å². The van der Waals surface area contributed by atoms with Crippen molar-refractivity contribution in [2.24, 2.45) is 0 Å². The van der Waals surface area contributed by atoms with Gasteiger partial charge in [-0.3, -0.25) is 0 Å². The zero-order valence-corrected chi connectivity index (χ0v) is 11.9. The average Bonchev–Trinajstić information content (AvgIpc) is 2.43. The lowest BCUT2D eigenvalue weighted by Gasteiger charge is -2.12. The number of carbonyl (C=O) groups excluding carboxylic acids is 1. The maximum Gasteiger partial charge on any atom is 0.321 e. The Morgan fingerprint density at radius 2 is 1.90 bits per heavy atom. The lowest BCUT2D eigenvalue weighted by molar-refractivity contribution is 0.230. The molecule has 0 aliphatic rings. The first-order chi connectivity index (χ1) is 9.54. The zero-order valence-electron chi connectivity index (χ0n) is 11.1. The normalized spacial score (nSPS) is 9.95. The van der Waals surface area contributed by atoms with E-state index in [2.05, 4.69) is 10.3 Å². The van der Waals surface area contributed by atoms with Crippen LogP contribution in [0.3, 0.4) is 0 Å². The molecule has 20 heavy (non-hydrogen) atoms. The van der Waals surface area contributed by atoms with Gasteiger partial charge >= 0.3 is 6.03 Å². The minimum absolute atomic E-state index is 0.182. The van der Waals surface area contributed by atoms with Gasteiger partial charge in [0.15, 0.2) is 0 Å². The number of anilines is 1. The van der Waals surface area contributed by atoms with E-state index in [0.29, 0.717) is 22.3 Å². The number of pyridine rings is 1. The summed E-state index contributed by atoms with van der Waals surface area (Å²) in [5, 5.41) is 3.29. The van der Waals surface area contributed by atoms with Crippen molar-refractivity contribution in [3.8, 4) is 11.6 Å². The molecule has 2 aromatic rings. The van der Waals surface area contributed by atoms with Crippen molar-refractivity contribution in [3.63, 3.8) is 0 Å². The molecule has 0 atom stereocenters. The van der Waals surface area contributed by atoms with Crippen LogP contribution in [0.1, 0.15) is 0 Å². The van der Waals surface area contributed by atoms with E-state index in [1.807, 2.05) is 0 Å². The Labute approximate surface area is 122 Å². The summed E-state index contributed by atoms with van der Waals surface area (Å²) in [5.74, 6) is 1.09. The van der Waals surface area contributed by atoms with Crippen LogP contribution >= 0.6 is 11.6 Å². The molecule has 1 N–H and O–H groups in total. The number of hydrogen-bond donors (Lipinski definition) is 1. The number of ether oxygens (including phenoxy) is 1. The lowest BCUT2D eigenvalue weighted by Crippen LogP contribution is -2.27. The maximum absolute atomic E-state index is 11.5. The SMILES string of the molecule is CN(C)C(=O)Nc1ccc(Oc2ccc(Cl)cn2)cc1. The Hall–Kier alpha value is -2.27. The molecule has 1 aromatic heterocycles. The molecule has 0 spiro atoms. The molecule has 2 rings (SSSR count). The maximum atomic E-state index is 11.5. The molecular formula is C14H14ClN3O2. The van der Waals surface area contributed by atoms with E-state index < -0.39 is 0 Å². The lowest BCUT2D eigenvalue weighted by atomic mass is 10.3. The number of halogens is 1. The Kier molecular flexibility index (Phi) is 4.42. The summed E-state index contributed by atoms with van der Waals surface area (Å²) in [6.07, 6.45) is 1.52. The van der Waals surface area contributed by atoms with E-state index in [0.717, 1.165) is 0 Å². The Balaban J connectivity index is 2.01. The van der Waals surface area contributed by atoms with Gasteiger partial charge in [0.25, 0.3) is 0 Å². The highest BCUT2D eigenvalue weighted by molar-refractivity contribution is 6.30. The van der Waals surface area contributed by atoms with Crippen molar-refractivity contribution in [3.05, 3.63) is 47.6 Å². The third-order valence-corrected chi connectivity index (χ3v) is 2.66. The van der Waals surface area contributed by atoms with Gasteiger partial charge in [0, 0.05) is 32.0 Å². The van der Waals surface area contributed by atoms with Crippen LogP contribution in [0.2, 0.25) is 5.02 Å². The molecule has 0 fully saturated rings. The first-order valence-corrected chi connectivity index (χ1v) is 6.30. The van der Waals surface area contributed by atoms with Crippen LogP contribution in [-0.2, 0) is 0 Å². The minimum Gasteiger partial charge on any atom is -0.439 e. The Morgan fingerprint density at radius 1 is 1.20 bits per heavy atom. The summed E-state index contributed by atoms with van der Waals surface area (Å²) >= 11 is 5.75. The molecule has 0 radical (unpaired) electrons. The average molecular weight is 292 g/mol. The smallest absolute Gasteiger partial charge is 0.321 e. The second-order valence-corrected chi connectivity index (χ2v) is 4.70. The van der Waals surface area contributed by atoms with Crippen LogP contribution in [0.15, 0.2) is 42.6 Å². The first kappa shape index (κ1) is 14.1. The third kappa shape index (κ3) is 3.86. The molecule has 1 heterocycles. The number of hydrogen-bond acceptors (Lipinski definition) is 3. The molecule has 2 amide bonds. The fraction of sp³-hybridized carbons (Fsp3) is 0.143. The van der Waals surface area contributed by atoms with Crippen molar-refractivity contribution in [1.82, 2.24) is 9.88 Å². The van der Waals surface area contributed by atoms with Crippen LogP contribution in [0.4, 0.5) is 10.5 Å². The van der Waals surface area contributed by atoms with Gasteiger partial charge < -0.3 is 15.0 Å². The number of carbonyl (C=O) groups is 1. The number of amides is 2. The minimum atomic E-state index is -0.182. The number of nitrogens with one attached hydrogen (secondary N) is 1. The number of benzene rings is 1. The van der Waals surface area contributed by atoms with Crippen molar-refractivity contribution in [1.29, 1.82) is 0 Å². The fourth-order valence-corrected chi connectivity index (χ4v) is 1.50. The van der Waals surface area contributed by atoms with Gasteiger partial charge in [0.2, 0.25) is 5.88 Å². The van der Waals surface area contributed by atoms with Gasteiger partial charge in [-0.1, -0.05) is 11.6 Å². The number of nitrogens with zero attached hydrogens (tertiary/aromatic N) is 2. The molecule has 0 aliphatic carbocycles. The standard InChI is InChI=1S/C14H14ClN3O2/c1-18(2)14(19)17-11-4-6-12(7-5-11)20-13-8-3-10(15)9-16-13/h3-9H,1-2H3,(H,17,19). The van der Waals surface area contributed by atoms with E-state index in [-0.39, 0.29) is 6.03 Å². The van der Waals surface area contributed by atoms with Crippen LogP contribution < -0.4 is 10.1 Å². The van der Waals surface area contributed by atoms with Gasteiger partial charge in [-0.15, -0.1) is 0 Å². The number of aromatic nitrogens is 1. The Morgan fingerprint density at radius 3 is 2.45 bits per heavy atom. The van der Waals surface area contributed by atoms with Gasteiger partial charge in [0.1, 0.15) is 5.75 Å². The molecule has 0 bridgehead atoms. The van der Waals surface area contributed by atoms with Crippen molar-refractivity contribution < 1.29 is 9.53 Å². The molecule has 5 nitrogen and oxygen atoms in total. The summed E-state index contributed by atoms with van der Waals surface area (Å²) in [4.78, 5) is 17.0. The molecule has 0 saturated carbocycles. The monoisotopic (exact) mass is 291 g/mol. The van der Waals surface area contributed by atoms with E-state index in [9.17, 15) is 4.79 Å². The van der Waals surface area contributed by atoms with E-state index >= 15 is 0 Å². The van der Waals surface area contributed by atoms with Crippen LogP contribution in [0.25, 0.3) is 0 Å². The quantitative estimate of drug-likeness (QED) is 0.939. The van der Waals surface area contributed by atoms with Gasteiger partial charge in [0.05, 0.1) is 5.02 Å². The van der Waals surface area contributed by atoms with E-state index in [1.165, 1.54) is 11.1 Å². The largest absolute Gasteiger partial charge is 0.439 e. The predicted molar refractivity (Wildman–Crippen MR) is 78.5 cm³/mol. The highest BCUT2D eigenvalue weighted by Gasteiger charge is 2.04. The summed E-state index contributed by atoms with van der Waals surface area (Å²) in [6.45, 7) is 0.